The van der Waals surface area contributed by atoms with E-state index in [0.717, 1.165) is 19.3 Å². The molecule has 0 aromatic rings. The monoisotopic (exact) mass is 313 g/mol. The van der Waals surface area contributed by atoms with Gasteiger partial charge in [0.05, 0.1) is 10.9 Å². The molecule has 3 unspecified atom stereocenters. The summed E-state index contributed by atoms with van der Waals surface area (Å²) in [6.07, 6.45) is 8.35. The molecule has 0 aromatic carbocycles. The summed E-state index contributed by atoms with van der Waals surface area (Å²) in [5.41, 5.74) is 1.18. The number of carbonyl (C=O) groups excluding carboxylic acids is 1. The molecule has 1 amide bonds. The largest absolute Gasteiger partial charge is 0.359 e. The fraction of sp³-hybridized carbons (Fsp3) is 0.706. The normalized spacial score (nSPS) is 26.4. The van der Waals surface area contributed by atoms with Crippen LogP contribution in [0.15, 0.2) is 23.8 Å². The molecule has 0 spiro atoms. The van der Waals surface area contributed by atoms with Crippen molar-refractivity contribution in [2.45, 2.75) is 71.0 Å². The summed E-state index contributed by atoms with van der Waals surface area (Å²) in [4.78, 5) is 13.5. The van der Waals surface area contributed by atoms with Crippen LogP contribution in [0.25, 0.3) is 0 Å². The lowest BCUT2D eigenvalue weighted by molar-refractivity contribution is -0.147. The fourth-order valence-electron chi connectivity index (χ4n) is 2.87. The number of ether oxygens (including phenoxy) is 1. The first-order valence-corrected chi connectivity index (χ1v) is 8.26. The molecule has 0 fully saturated rings. The van der Waals surface area contributed by atoms with Crippen molar-refractivity contribution in [1.82, 2.24) is 4.90 Å². The van der Waals surface area contributed by atoms with Crippen LogP contribution in [-0.2, 0) is 9.53 Å². The van der Waals surface area contributed by atoms with Gasteiger partial charge in [-0.2, -0.15) is 0 Å². The molecule has 0 bridgehead atoms. The zero-order valence-electron chi connectivity index (χ0n) is 13.9. The van der Waals surface area contributed by atoms with E-state index in [1.165, 1.54) is 5.57 Å². The Labute approximate surface area is 134 Å². The van der Waals surface area contributed by atoms with Gasteiger partial charge >= 0.3 is 0 Å². The highest BCUT2D eigenvalue weighted by atomic mass is 35.5. The van der Waals surface area contributed by atoms with Gasteiger partial charge in [0.1, 0.15) is 6.23 Å². The van der Waals surface area contributed by atoms with Gasteiger partial charge in [-0.1, -0.05) is 39.0 Å². The van der Waals surface area contributed by atoms with Crippen molar-refractivity contribution in [1.29, 1.82) is 0 Å². The predicted molar refractivity (Wildman–Crippen MR) is 88.4 cm³/mol. The molecular formula is C17H28ClNO2. The Balaban J connectivity index is 3.15. The minimum atomic E-state index is -0.560. The van der Waals surface area contributed by atoms with Crippen molar-refractivity contribution in [2.75, 3.05) is 6.61 Å². The molecule has 0 radical (unpaired) electrons. The van der Waals surface area contributed by atoms with E-state index in [9.17, 15) is 4.79 Å². The summed E-state index contributed by atoms with van der Waals surface area (Å²) >= 11 is 6.84. The predicted octanol–water partition coefficient (Wildman–Crippen LogP) is 4.27. The standard InChI is InChI=1S/C17H28ClNO2/c1-6-12-21-14(5)19(13(4)20)16-15(7-2)10-9-11-17(16,18)8-3/h9-11,14,16H,6-8,12H2,1-5H3. The maximum absolute atomic E-state index is 12.2. The Bertz CT molecular complexity index is 419. The molecule has 3 atom stereocenters. The van der Waals surface area contributed by atoms with Gasteiger partial charge in [-0.25, -0.2) is 0 Å². The van der Waals surface area contributed by atoms with E-state index in [-0.39, 0.29) is 18.2 Å². The third-order valence-corrected chi connectivity index (χ3v) is 4.64. The number of allylic oxidation sites excluding steroid dienone is 2. The third-order valence-electron chi connectivity index (χ3n) is 4.04. The highest BCUT2D eigenvalue weighted by Crippen LogP contribution is 2.38. The van der Waals surface area contributed by atoms with E-state index in [2.05, 4.69) is 26.8 Å². The molecule has 1 aliphatic rings. The van der Waals surface area contributed by atoms with E-state index in [1.807, 2.05) is 19.1 Å². The molecule has 0 saturated heterocycles. The van der Waals surface area contributed by atoms with Crippen molar-refractivity contribution in [2.24, 2.45) is 0 Å². The van der Waals surface area contributed by atoms with Crippen molar-refractivity contribution < 1.29 is 9.53 Å². The van der Waals surface area contributed by atoms with Crippen LogP contribution in [0.1, 0.15) is 53.9 Å². The molecule has 0 aliphatic heterocycles. The average Bonchev–Trinajstić information content (AvgIpc) is 2.46. The van der Waals surface area contributed by atoms with Crippen LogP contribution < -0.4 is 0 Å². The lowest BCUT2D eigenvalue weighted by Crippen LogP contribution is -2.56. The number of rotatable bonds is 7. The molecule has 1 rings (SSSR count). The second-order valence-corrected chi connectivity index (χ2v) is 6.24. The molecule has 0 saturated carbocycles. The average molecular weight is 314 g/mol. The Morgan fingerprint density at radius 2 is 2.14 bits per heavy atom. The van der Waals surface area contributed by atoms with Gasteiger partial charge in [0.15, 0.2) is 0 Å². The first-order valence-electron chi connectivity index (χ1n) is 7.88. The second-order valence-electron chi connectivity index (χ2n) is 5.53. The third kappa shape index (κ3) is 4.10. The summed E-state index contributed by atoms with van der Waals surface area (Å²) < 4.78 is 5.79. The molecule has 120 valence electrons. The number of hydrogen-bond donors (Lipinski definition) is 0. The zero-order chi connectivity index (χ0) is 16.0. The van der Waals surface area contributed by atoms with Crippen LogP contribution in [-0.4, -0.2) is 34.6 Å². The van der Waals surface area contributed by atoms with Gasteiger partial charge in [-0.3, -0.25) is 4.79 Å². The van der Waals surface area contributed by atoms with Crippen LogP contribution in [0.4, 0.5) is 0 Å². The van der Waals surface area contributed by atoms with Gasteiger partial charge in [0.25, 0.3) is 0 Å². The number of alkyl halides is 1. The Morgan fingerprint density at radius 3 is 2.62 bits per heavy atom. The topological polar surface area (TPSA) is 29.5 Å². The first-order chi connectivity index (χ1) is 9.91. The van der Waals surface area contributed by atoms with Crippen LogP contribution in [0.3, 0.4) is 0 Å². The Morgan fingerprint density at radius 1 is 1.48 bits per heavy atom. The number of halogens is 1. The smallest absolute Gasteiger partial charge is 0.222 e. The van der Waals surface area contributed by atoms with Crippen molar-refractivity contribution in [3.05, 3.63) is 23.8 Å². The molecule has 4 heteroatoms. The van der Waals surface area contributed by atoms with Gasteiger partial charge < -0.3 is 9.64 Å². The SMILES string of the molecule is CCCOC(C)N(C(C)=O)C1C(CC)=CC=CC1(Cl)CC. The Kier molecular flexibility index (Phi) is 6.95. The van der Waals surface area contributed by atoms with Gasteiger partial charge in [0.2, 0.25) is 5.91 Å². The van der Waals surface area contributed by atoms with E-state index in [1.54, 1.807) is 11.8 Å². The summed E-state index contributed by atoms with van der Waals surface area (Å²) in [6.45, 7) is 10.4. The van der Waals surface area contributed by atoms with Crippen LogP contribution >= 0.6 is 11.6 Å². The number of carbonyl (C=O) groups is 1. The summed E-state index contributed by atoms with van der Waals surface area (Å²) in [7, 11) is 0. The van der Waals surface area contributed by atoms with Crippen molar-refractivity contribution in [3.8, 4) is 0 Å². The minimum Gasteiger partial charge on any atom is -0.359 e. The molecule has 0 heterocycles. The summed E-state index contributed by atoms with van der Waals surface area (Å²) in [5, 5.41) is 0. The van der Waals surface area contributed by atoms with Gasteiger partial charge in [-0.15, -0.1) is 11.6 Å². The van der Waals surface area contributed by atoms with Crippen molar-refractivity contribution in [3.63, 3.8) is 0 Å². The zero-order valence-corrected chi connectivity index (χ0v) is 14.6. The summed E-state index contributed by atoms with van der Waals surface area (Å²) in [6, 6.07) is -0.150. The maximum atomic E-state index is 12.2. The molecule has 3 nitrogen and oxygen atoms in total. The van der Waals surface area contributed by atoms with Gasteiger partial charge in [0, 0.05) is 13.5 Å². The van der Waals surface area contributed by atoms with Gasteiger partial charge in [-0.05, 0) is 31.8 Å². The lowest BCUT2D eigenvalue weighted by Gasteiger charge is -2.45. The fourth-order valence-corrected chi connectivity index (χ4v) is 3.19. The number of nitrogens with zero attached hydrogens (tertiary/aromatic N) is 1. The highest BCUT2D eigenvalue weighted by Gasteiger charge is 2.43. The number of hydrogen-bond acceptors (Lipinski definition) is 2. The first kappa shape index (κ1) is 18.2. The quantitative estimate of drug-likeness (QED) is 0.519. The highest BCUT2D eigenvalue weighted by molar-refractivity contribution is 6.26. The maximum Gasteiger partial charge on any atom is 0.222 e. The van der Waals surface area contributed by atoms with E-state index >= 15 is 0 Å². The van der Waals surface area contributed by atoms with Crippen LogP contribution in [0, 0.1) is 0 Å². The molecule has 1 aliphatic carbocycles. The molecule has 21 heavy (non-hydrogen) atoms. The minimum absolute atomic E-state index is 0.00303. The summed E-state index contributed by atoms with van der Waals surface area (Å²) in [5.74, 6) is -0.00303. The van der Waals surface area contributed by atoms with E-state index in [0.29, 0.717) is 6.61 Å². The van der Waals surface area contributed by atoms with E-state index in [4.69, 9.17) is 16.3 Å². The molecular weight excluding hydrogens is 286 g/mol. The van der Waals surface area contributed by atoms with Crippen LogP contribution in [0.2, 0.25) is 0 Å². The van der Waals surface area contributed by atoms with Crippen LogP contribution in [0.5, 0.6) is 0 Å². The molecule has 0 N–H and O–H groups in total. The van der Waals surface area contributed by atoms with Crippen molar-refractivity contribution >= 4 is 17.5 Å². The number of amides is 1. The second kappa shape index (κ2) is 8.00. The van der Waals surface area contributed by atoms with E-state index < -0.39 is 4.87 Å². The molecule has 0 aromatic heterocycles. The Hall–Kier alpha value is -0.800. The lowest BCUT2D eigenvalue weighted by atomic mass is 9.83.